The van der Waals surface area contributed by atoms with Gasteiger partial charge in [-0.1, -0.05) is 0 Å². The number of hydrogen-bond donors (Lipinski definition) is 4. The molecule has 0 unspecified atom stereocenters. The van der Waals surface area contributed by atoms with E-state index in [0.717, 1.165) is 13.0 Å². The summed E-state index contributed by atoms with van der Waals surface area (Å²) in [5.74, 6) is 0.474. The Kier molecular flexibility index (Phi) is 5.79. The number of aliphatic hydroxyl groups excluding tert-OH is 1. The molecule has 1 fully saturated rings. The van der Waals surface area contributed by atoms with E-state index in [4.69, 9.17) is 5.11 Å². The van der Waals surface area contributed by atoms with Crippen LogP contribution in [-0.4, -0.2) is 77.0 Å². The molecule has 0 bridgehead atoms. The van der Waals surface area contributed by atoms with Crippen molar-refractivity contribution < 1.29 is 13.5 Å². The number of fused-ring (bicyclic) bond motifs is 1. The van der Waals surface area contributed by atoms with Crippen molar-refractivity contribution in [3.63, 3.8) is 0 Å². The van der Waals surface area contributed by atoms with E-state index in [1.165, 1.54) is 10.6 Å². The summed E-state index contributed by atoms with van der Waals surface area (Å²) in [5.41, 5.74) is 2.24. The molecular formula is C18H24N8O3S. The number of nitrogens with one attached hydrogen (secondary N) is 3. The molecule has 12 heteroatoms. The van der Waals surface area contributed by atoms with Gasteiger partial charge in [-0.3, -0.25) is 0 Å². The first-order valence-electron chi connectivity index (χ1n) is 9.70. The zero-order valence-corrected chi connectivity index (χ0v) is 17.4. The monoisotopic (exact) mass is 432 g/mol. The summed E-state index contributed by atoms with van der Waals surface area (Å²) < 4.78 is 27.0. The van der Waals surface area contributed by atoms with Gasteiger partial charge in [0.15, 0.2) is 11.5 Å². The predicted octanol–water partition coefficient (Wildman–Crippen LogP) is 0.337. The number of anilines is 2. The lowest BCUT2D eigenvalue weighted by molar-refractivity contribution is 0.311. The molecule has 4 rings (SSSR count). The summed E-state index contributed by atoms with van der Waals surface area (Å²) in [6, 6.07) is 1.51. The van der Waals surface area contributed by atoms with Crippen LogP contribution in [0, 0.1) is 0 Å². The molecule has 0 aromatic carbocycles. The van der Waals surface area contributed by atoms with Crippen molar-refractivity contribution in [2.24, 2.45) is 0 Å². The van der Waals surface area contributed by atoms with Crippen molar-refractivity contribution in [2.75, 3.05) is 42.1 Å². The first-order chi connectivity index (χ1) is 14.5. The smallest absolute Gasteiger partial charge is 0.233 e. The molecule has 1 atom stereocenters. The van der Waals surface area contributed by atoms with E-state index in [0.29, 0.717) is 35.4 Å². The van der Waals surface area contributed by atoms with E-state index in [1.807, 2.05) is 0 Å². The van der Waals surface area contributed by atoms with Gasteiger partial charge in [0.05, 0.1) is 36.4 Å². The molecule has 4 N–H and O–H groups in total. The molecule has 3 aromatic heterocycles. The van der Waals surface area contributed by atoms with E-state index < -0.39 is 10.0 Å². The zero-order chi connectivity index (χ0) is 21.1. The maximum absolute atomic E-state index is 12.8. The first kappa shape index (κ1) is 20.4. The van der Waals surface area contributed by atoms with Crippen molar-refractivity contribution in [1.29, 1.82) is 0 Å². The Hall–Kier alpha value is -2.83. The fourth-order valence-corrected chi connectivity index (χ4v) is 4.74. The van der Waals surface area contributed by atoms with E-state index in [1.54, 1.807) is 24.7 Å². The van der Waals surface area contributed by atoms with Gasteiger partial charge in [0.2, 0.25) is 16.0 Å². The van der Waals surface area contributed by atoms with Gasteiger partial charge in [-0.2, -0.15) is 4.98 Å². The van der Waals surface area contributed by atoms with E-state index >= 15 is 0 Å². The van der Waals surface area contributed by atoms with Gasteiger partial charge in [-0.25, -0.2) is 27.7 Å². The minimum Gasteiger partial charge on any atom is -0.395 e. The van der Waals surface area contributed by atoms with Crippen molar-refractivity contribution in [3.05, 3.63) is 24.7 Å². The van der Waals surface area contributed by atoms with Crippen LogP contribution in [0.15, 0.2) is 24.7 Å². The van der Waals surface area contributed by atoms with Crippen LogP contribution in [0.1, 0.15) is 12.8 Å². The average Bonchev–Trinajstić information content (AvgIpc) is 3.20. The average molecular weight is 433 g/mol. The van der Waals surface area contributed by atoms with Crippen LogP contribution >= 0.6 is 0 Å². The lowest BCUT2D eigenvalue weighted by Crippen LogP contribution is -2.49. The van der Waals surface area contributed by atoms with Crippen LogP contribution in [0.2, 0.25) is 0 Å². The maximum atomic E-state index is 12.8. The Bertz CT molecular complexity index is 1130. The van der Waals surface area contributed by atoms with Crippen LogP contribution in [-0.2, 0) is 10.0 Å². The highest BCUT2D eigenvalue weighted by Gasteiger charge is 2.32. The van der Waals surface area contributed by atoms with Crippen LogP contribution < -0.4 is 14.9 Å². The van der Waals surface area contributed by atoms with Crippen molar-refractivity contribution in [2.45, 2.75) is 18.9 Å². The Morgan fingerprint density at radius 2 is 2.17 bits per heavy atom. The second kappa shape index (κ2) is 8.50. The molecule has 3 aromatic rings. The predicted molar refractivity (Wildman–Crippen MR) is 114 cm³/mol. The van der Waals surface area contributed by atoms with Crippen molar-refractivity contribution >= 4 is 33.0 Å². The summed E-state index contributed by atoms with van der Waals surface area (Å²) in [6.07, 6.45) is 7.60. The molecule has 4 heterocycles. The number of aromatic amines is 1. The number of hydrogen-bond acceptors (Lipinski definition) is 9. The molecule has 0 radical (unpaired) electrons. The van der Waals surface area contributed by atoms with Gasteiger partial charge in [-0.05, 0) is 25.5 Å². The van der Waals surface area contributed by atoms with Crippen LogP contribution in [0.25, 0.3) is 22.4 Å². The van der Waals surface area contributed by atoms with E-state index in [2.05, 4.69) is 35.6 Å². The number of sulfonamides is 1. The Labute approximate surface area is 174 Å². The summed E-state index contributed by atoms with van der Waals surface area (Å²) in [6.45, 7) is 1.53. The number of rotatable bonds is 7. The fraction of sp³-hybridized carbons (Fsp3) is 0.444. The molecule has 30 heavy (non-hydrogen) atoms. The van der Waals surface area contributed by atoms with Gasteiger partial charge in [-0.15, -0.1) is 0 Å². The number of H-pyrrole nitrogens is 1. The molecule has 0 amide bonds. The van der Waals surface area contributed by atoms with Crippen molar-refractivity contribution in [1.82, 2.24) is 30.2 Å². The van der Waals surface area contributed by atoms with Gasteiger partial charge in [0, 0.05) is 25.5 Å². The molecule has 1 aliphatic rings. The van der Waals surface area contributed by atoms with Gasteiger partial charge in [0.1, 0.15) is 5.52 Å². The third-order valence-corrected chi connectivity index (χ3v) is 6.05. The normalized spacial score (nSPS) is 17.2. The fourth-order valence-electron chi connectivity index (χ4n) is 3.57. The van der Waals surface area contributed by atoms with E-state index in [-0.39, 0.29) is 31.0 Å². The van der Waals surface area contributed by atoms with Crippen LogP contribution in [0.5, 0.6) is 0 Å². The minimum atomic E-state index is -3.65. The Balaban J connectivity index is 1.86. The molecule has 160 valence electrons. The quantitative estimate of drug-likeness (QED) is 0.414. The molecular weight excluding hydrogens is 408 g/mol. The second-order valence-corrected chi connectivity index (χ2v) is 8.97. The molecule has 11 nitrogen and oxygen atoms in total. The summed E-state index contributed by atoms with van der Waals surface area (Å²) >= 11 is 0. The van der Waals surface area contributed by atoms with Crippen molar-refractivity contribution in [3.8, 4) is 11.3 Å². The minimum absolute atomic E-state index is 0.0988. The van der Waals surface area contributed by atoms with Gasteiger partial charge in [0.25, 0.3) is 0 Å². The standard InChI is InChI=1S/C18H24N8O3S/c1-30(28,29)26(12-3-2-5-19-9-12)17-13(10-23-18(25-17)21-7-8-27)15-11-22-16-14(24-15)4-6-20-16/h4,6,10-12,19,27H,2-3,5,7-9H2,1H3,(H,20,22)(H,21,23,25)/t12-/m0/s1. The highest BCUT2D eigenvalue weighted by molar-refractivity contribution is 7.92. The SMILES string of the molecule is CS(=O)(=O)N(c1nc(NCCO)ncc1-c1cnc2[nH]ccc2n1)[C@H]1CCCNC1. The third-order valence-electron chi connectivity index (χ3n) is 4.87. The summed E-state index contributed by atoms with van der Waals surface area (Å²) in [5, 5.41) is 15.3. The molecule has 0 aliphatic carbocycles. The van der Waals surface area contributed by atoms with Crippen LogP contribution in [0.4, 0.5) is 11.8 Å². The highest BCUT2D eigenvalue weighted by Crippen LogP contribution is 2.33. The number of aliphatic hydroxyl groups is 1. The topological polar surface area (TPSA) is 149 Å². The van der Waals surface area contributed by atoms with Crippen LogP contribution in [0.3, 0.4) is 0 Å². The van der Waals surface area contributed by atoms with Gasteiger partial charge < -0.3 is 20.7 Å². The lowest BCUT2D eigenvalue weighted by atomic mass is 10.1. The molecule has 0 spiro atoms. The molecule has 1 aliphatic heterocycles. The largest absolute Gasteiger partial charge is 0.395 e. The summed E-state index contributed by atoms with van der Waals surface area (Å²) in [4.78, 5) is 20.7. The lowest BCUT2D eigenvalue weighted by Gasteiger charge is -2.34. The number of nitrogens with zero attached hydrogens (tertiary/aromatic N) is 5. The highest BCUT2D eigenvalue weighted by atomic mass is 32.2. The third kappa shape index (κ3) is 4.20. The maximum Gasteiger partial charge on any atom is 0.233 e. The van der Waals surface area contributed by atoms with Gasteiger partial charge >= 0.3 is 0 Å². The molecule has 0 saturated carbocycles. The first-order valence-corrected chi connectivity index (χ1v) is 11.5. The second-order valence-electron chi connectivity index (χ2n) is 7.11. The number of aromatic nitrogens is 5. The zero-order valence-electron chi connectivity index (χ0n) is 16.5. The Morgan fingerprint density at radius 3 is 2.90 bits per heavy atom. The summed E-state index contributed by atoms with van der Waals surface area (Å²) in [7, 11) is -3.65. The van der Waals surface area contributed by atoms with E-state index in [9.17, 15) is 8.42 Å². The molecule has 1 saturated heterocycles. The Morgan fingerprint density at radius 1 is 1.30 bits per heavy atom. The number of piperidine rings is 1.